The Labute approximate surface area is 129 Å². The molecule has 0 aromatic heterocycles. The van der Waals surface area contributed by atoms with Crippen LogP contribution in [0.15, 0.2) is 78.9 Å². The Morgan fingerprint density at radius 2 is 0.952 bits per heavy atom. The highest BCUT2D eigenvalue weighted by Gasteiger charge is 2.32. The van der Waals surface area contributed by atoms with Gasteiger partial charge in [0.05, 0.1) is 0 Å². The van der Waals surface area contributed by atoms with E-state index in [1.807, 2.05) is 0 Å². The summed E-state index contributed by atoms with van der Waals surface area (Å²) >= 11 is 0. The van der Waals surface area contributed by atoms with Crippen molar-refractivity contribution in [2.24, 2.45) is 0 Å². The Hall–Kier alpha value is -1.91. The van der Waals surface area contributed by atoms with Gasteiger partial charge in [0, 0.05) is 0 Å². The third kappa shape index (κ3) is 2.03. The lowest BCUT2D eigenvalue weighted by molar-refractivity contribution is 1.71. The minimum absolute atomic E-state index is 0.621. The van der Waals surface area contributed by atoms with Crippen LogP contribution in [-0.4, -0.2) is 17.6 Å². The molecule has 100 valence electrons. The lowest BCUT2D eigenvalue weighted by Gasteiger charge is -2.30. The monoisotopic (exact) mass is 300 g/mol. The third-order valence-corrected chi connectivity index (χ3v) is 10.1. The molecule has 0 amide bonds. The highest BCUT2D eigenvalue weighted by atomic mass is 28.3. The van der Waals surface area contributed by atoms with Gasteiger partial charge in [-0.2, -0.15) is 0 Å². The lowest BCUT2D eigenvalue weighted by atomic mass is 10.3. The summed E-state index contributed by atoms with van der Waals surface area (Å²) in [6.45, 7) is 2.44. The van der Waals surface area contributed by atoms with Gasteiger partial charge in [0.15, 0.2) is 8.80 Å². The maximum Gasteiger partial charge on any atom is 0.154 e. The topological polar surface area (TPSA) is 0 Å². The van der Waals surface area contributed by atoms with Gasteiger partial charge >= 0.3 is 0 Å². The Kier molecular flexibility index (Phi) is 3.13. The molecule has 1 aliphatic rings. The van der Waals surface area contributed by atoms with Crippen LogP contribution >= 0.6 is 0 Å². The molecule has 0 unspecified atom stereocenters. The van der Waals surface area contributed by atoms with Gasteiger partial charge in [-0.05, 0) is 0 Å². The van der Waals surface area contributed by atoms with E-state index in [0.29, 0.717) is 0 Å². The maximum absolute atomic E-state index is 2.44. The van der Waals surface area contributed by atoms with Crippen LogP contribution in [0, 0.1) is 0 Å². The first kappa shape index (κ1) is 12.8. The second-order valence-corrected chi connectivity index (χ2v) is 10.2. The molecule has 0 saturated heterocycles. The molecule has 2 heteroatoms. The summed E-state index contributed by atoms with van der Waals surface area (Å²) in [6.07, 6.45) is 0. The van der Waals surface area contributed by atoms with Gasteiger partial charge in [0.2, 0.25) is 0 Å². The second kappa shape index (κ2) is 5.13. The third-order valence-electron chi connectivity index (χ3n) is 4.26. The van der Waals surface area contributed by atoms with Crippen LogP contribution in [0.2, 0.25) is 6.55 Å². The summed E-state index contributed by atoms with van der Waals surface area (Å²) in [5.41, 5.74) is 0. The van der Waals surface area contributed by atoms with Crippen LogP contribution in [0.4, 0.5) is 0 Å². The van der Waals surface area contributed by atoms with E-state index < -0.39 is 17.6 Å². The molecule has 1 heterocycles. The van der Waals surface area contributed by atoms with Crippen molar-refractivity contribution in [2.75, 3.05) is 0 Å². The van der Waals surface area contributed by atoms with Crippen molar-refractivity contribution < 1.29 is 0 Å². The number of hydrogen-bond acceptors (Lipinski definition) is 0. The first-order valence-electron chi connectivity index (χ1n) is 7.32. The van der Waals surface area contributed by atoms with E-state index in [-0.39, 0.29) is 0 Å². The van der Waals surface area contributed by atoms with Crippen LogP contribution in [0.5, 0.6) is 0 Å². The van der Waals surface area contributed by atoms with Crippen molar-refractivity contribution in [3.8, 4) is 0 Å². The van der Waals surface area contributed by atoms with Crippen molar-refractivity contribution in [2.45, 2.75) is 6.55 Å². The predicted octanol–water partition coefficient (Wildman–Crippen LogP) is 0.755. The number of benzene rings is 3. The van der Waals surface area contributed by atoms with Gasteiger partial charge in [0.1, 0.15) is 8.80 Å². The minimum atomic E-state index is -0.846. The highest BCUT2D eigenvalue weighted by molar-refractivity contribution is 7.07. The predicted molar refractivity (Wildman–Crippen MR) is 94.9 cm³/mol. The normalized spacial score (nSPS) is 14.5. The Morgan fingerprint density at radius 3 is 1.48 bits per heavy atom. The standard InChI is InChI=1S/C19H16Si2/c1-20-16-11-5-7-13-18(16)21(15-9-3-2-4-10-15)19-14-8-6-12-17(19)20/h2-14H,1H3. The molecule has 0 aliphatic carbocycles. The molecule has 4 rings (SSSR count). The zero-order chi connectivity index (χ0) is 14.2. The van der Waals surface area contributed by atoms with Gasteiger partial charge in [-0.1, -0.05) is 111 Å². The summed E-state index contributed by atoms with van der Waals surface area (Å²) in [5, 5.41) is 7.92. The minimum Gasteiger partial charge on any atom is -0.0629 e. The van der Waals surface area contributed by atoms with E-state index in [1.54, 1.807) is 20.7 Å². The van der Waals surface area contributed by atoms with E-state index in [9.17, 15) is 0 Å². The molecule has 0 N–H and O–H groups in total. The zero-order valence-corrected chi connectivity index (χ0v) is 14.0. The molecule has 0 fully saturated rings. The van der Waals surface area contributed by atoms with Crippen molar-refractivity contribution in [3.63, 3.8) is 0 Å². The summed E-state index contributed by atoms with van der Waals surface area (Å²) in [7, 11) is -1.47. The summed E-state index contributed by atoms with van der Waals surface area (Å²) in [5.74, 6) is 0. The van der Waals surface area contributed by atoms with Crippen molar-refractivity contribution in [3.05, 3.63) is 78.9 Å². The fourth-order valence-corrected chi connectivity index (χ4v) is 9.76. The van der Waals surface area contributed by atoms with Crippen molar-refractivity contribution in [1.29, 1.82) is 0 Å². The second-order valence-electron chi connectivity index (χ2n) is 5.46. The van der Waals surface area contributed by atoms with Gasteiger partial charge in [-0.15, -0.1) is 0 Å². The molecule has 3 aromatic carbocycles. The smallest absolute Gasteiger partial charge is 0.0629 e. The van der Waals surface area contributed by atoms with Gasteiger partial charge in [-0.3, -0.25) is 0 Å². The molecule has 0 spiro atoms. The first-order chi connectivity index (χ1) is 10.4. The molecule has 0 saturated carbocycles. The first-order valence-corrected chi connectivity index (χ1v) is 10.8. The Morgan fingerprint density at radius 1 is 0.524 bits per heavy atom. The van der Waals surface area contributed by atoms with E-state index >= 15 is 0 Å². The summed E-state index contributed by atoms with van der Waals surface area (Å²) < 4.78 is 0. The largest absolute Gasteiger partial charge is 0.154 e. The van der Waals surface area contributed by atoms with Crippen LogP contribution in [0.1, 0.15) is 0 Å². The van der Waals surface area contributed by atoms with E-state index in [0.717, 1.165) is 0 Å². The summed E-state index contributed by atoms with van der Waals surface area (Å²) in [4.78, 5) is 0. The molecule has 0 bridgehead atoms. The highest BCUT2D eigenvalue weighted by Crippen LogP contribution is 2.01. The maximum atomic E-state index is 2.44. The Balaban J connectivity index is 2.01. The fraction of sp³-hybridized carbons (Fsp3) is 0.0526. The number of rotatable bonds is 1. The summed E-state index contributed by atoms with van der Waals surface area (Å²) in [6, 6.07) is 29.3. The molecule has 1 aliphatic heterocycles. The molecule has 21 heavy (non-hydrogen) atoms. The van der Waals surface area contributed by atoms with Crippen LogP contribution < -0.4 is 25.9 Å². The van der Waals surface area contributed by atoms with E-state index in [1.165, 1.54) is 5.19 Å². The lowest BCUT2D eigenvalue weighted by Crippen LogP contribution is -2.71. The quantitative estimate of drug-likeness (QED) is 0.582. The fourth-order valence-electron chi connectivity index (χ4n) is 3.26. The van der Waals surface area contributed by atoms with Crippen LogP contribution in [-0.2, 0) is 0 Å². The zero-order valence-electron chi connectivity index (χ0n) is 12.0. The number of fused-ring (bicyclic) bond motifs is 2. The average Bonchev–Trinajstić information content (AvgIpc) is 2.56. The molecule has 2 radical (unpaired) electrons. The van der Waals surface area contributed by atoms with E-state index in [2.05, 4.69) is 85.4 Å². The van der Waals surface area contributed by atoms with Crippen LogP contribution in [0.3, 0.4) is 0 Å². The number of hydrogen-bond donors (Lipinski definition) is 0. The molecular weight excluding hydrogens is 284 g/mol. The SMILES string of the molecule is C[Si]1c2ccccc2[Si](c2ccccc2)c2ccccc21. The van der Waals surface area contributed by atoms with Crippen LogP contribution in [0.25, 0.3) is 0 Å². The van der Waals surface area contributed by atoms with Gasteiger partial charge in [0.25, 0.3) is 0 Å². The molecule has 0 atom stereocenters. The Bertz CT molecular complexity index is 733. The van der Waals surface area contributed by atoms with Gasteiger partial charge in [-0.25, -0.2) is 0 Å². The van der Waals surface area contributed by atoms with Gasteiger partial charge < -0.3 is 0 Å². The van der Waals surface area contributed by atoms with Crippen molar-refractivity contribution in [1.82, 2.24) is 0 Å². The van der Waals surface area contributed by atoms with E-state index in [4.69, 9.17) is 0 Å². The molecule has 0 nitrogen and oxygen atoms in total. The molecule has 3 aromatic rings. The average molecular weight is 301 g/mol. The molecular formula is C19H16Si2. The van der Waals surface area contributed by atoms with Crippen molar-refractivity contribution >= 4 is 43.5 Å².